The van der Waals surface area contributed by atoms with E-state index in [1.807, 2.05) is 4.90 Å². The summed E-state index contributed by atoms with van der Waals surface area (Å²) in [6.07, 6.45) is 1.89. The highest BCUT2D eigenvalue weighted by Crippen LogP contribution is 2.30. The summed E-state index contributed by atoms with van der Waals surface area (Å²) in [4.78, 5) is 17.1. The van der Waals surface area contributed by atoms with Crippen LogP contribution in [0.3, 0.4) is 0 Å². The molecule has 0 spiro atoms. The molecule has 2 aliphatic rings. The number of benzene rings is 2. The predicted molar refractivity (Wildman–Crippen MR) is 96.3 cm³/mol. The van der Waals surface area contributed by atoms with Gasteiger partial charge in [-0.25, -0.2) is 0 Å². The van der Waals surface area contributed by atoms with E-state index in [1.54, 1.807) is 0 Å². The number of anilines is 1. The van der Waals surface area contributed by atoms with Crippen LogP contribution >= 0.6 is 0 Å². The number of hydrogen-bond acceptors (Lipinski definition) is 3. The second kappa shape index (κ2) is 6.81. The summed E-state index contributed by atoms with van der Waals surface area (Å²) in [6.45, 7) is 4.77. The molecule has 2 aliphatic heterocycles. The Morgan fingerprint density at radius 2 is 1.62 bits per heavy atom. The third-order valence-corrected chi connectivity index (χ3v) is 5.27. The Bertz CT molecular complexity index is 711. The highest BCUT2D eigenvalue weighted by atomic mass is 16.5. The lowest BCUT2D eigenvalue weighted by molar-refractivity contribution is -0.140. The molecule has 2 aromatic carbocycles. The molecule has 0 radical (unpaired) electrons. The van der Waals surface area contributed by atoms with Gasteiger partial charge in [-0.15, -0.1) is 0 Å². The molecule has 0 aromatic heterocycles. The highest BCUT2D eigenvalue weighted by molar-refractivity contribution is 5.94. The van der Waals surface area contributed by atoms with Gasteiger partial charge in [-0.3, -0.25) is 4.79 Å². The van der Waals surface area contributed by atoms with Gasteiger partial charge in [-0.1, -0.05) is 36.4 Å². The number of hydrogen-bond donors (Lipinski definition) is 0. The molecule has 0 saturated carbocycles. The second-order valence-electron chi connectivity index (χ2n) is 6.70. The van der Waals surface area contributed by atoms with Gasteiger partial charge in [0.25, 0.3) is 0 Å². The van der Waals surface area contributed by atoms with Crippen molar-refractivity contribution in [2.75, 3.05) is 44.3 Å². The molecule has 0 aliphatic carbocycles. The molecule has 0 atom stereocenters. The summed E-state index contributed by atoms with van der Waals surface area (Å²) in [7, 11) is 0. The topological polar surface area (TPSA) is 32.8 Å². The Kier molecular flexibility index (Phi) is 4.39. The minimum atomic E-state index is 0.175. The quantitative estimate of drug-likeness (QED) is 0.851. The van der Waals surface area contributed by atoms with Crippen LogP contribution in [-0.2, 0) is 9.53 Å². The number of carbonyl (C=O) groups is 1. The van der Waals surface area contributed by atoms with Crippen molar-refractivity contribution in [3.05, 3.63) is 42.5 Å². The molecule has 2 heterocycles. The minimum absolute atomic E-state index is 0.175. The first kappa shape index (κ1) is 15.5. The number of amides is 1. The van der Waals surface area contributed by atoms with Crippen LogP contribution in [0.1, 0.15) is 12.8 Å². The van der Waals surface area contributed by atoms with Crippen LogP contribution in [-0.4, -0.2) is 50.2 Å². The summed E-state index contributed by atoms with van der Waals surface area (Å²) < 4.78 is 5.35. The van der Waals surface area contributed by atoms with Crippen molar-refractivity contribution in [2.45, 2.75) is 12.8 Å². The molecule has 2 saturated heterocycles. The standard InChI is InChI=1S/C20H24N2O2/c23-20(22-12-14-24-15-13-22)17-8-10-21(11-9-17)19-7-3-5-16-4-1-2-6-18(16)19/h1-7,17H,8-15H2. The summed E-state index contributed by atoms with van der Waals surface area (Å²) in [5, 5.41) is 2.58. The number of carbonyl (C=O) groups excluding carboxylic acids is 1. The number of morpholine rings is 1. The maximum atomic E-state index is 12.7. The average Bonchev–Trinajstić information content (AvgIpc) is 2.68. The first-order valence-corrected chi connectivity index (χ1v) is 8.92. The van der Waals surface area contributed by atoms with E-state index < -0.39 is 0 Å². The lowest BCUT2D eigenvalue weighted by atomic mass is 9.94. The van der Waals surface area contributed by atoms with Crippen LogP contribution < -0.4 is 4.90 Å². The van der Waals surface area contributed by atoms with Crippen LogP contribution in [0.25, 0.3) is 10.8 Å². The van der Waals surface area contributed by atoms with Gasteiger partial charge in [0.15, 0.2) is 0 Å². The third-order valence-electron chi connectivity index (χ3n) is 5.27. The van der Waals surface area contributed by atoms with Gasteiger partial charge in [-0.05, 0) is 24.3 Å². The molecular weight excluding hydrogens is 300 g/mol. The molecule has 0 bridgehead atoms. The fraction of sp³-hybridized carbons (Fsp3) is 0.450. The maximum absolute atomic E-state index is 12.7. The molecule has 0 unspecified atom stereocenters. The van der Waals surface area contributed by atoms with Gasteiger partial charge < -0.3 is 14.5 Å². The van der Waals surface area contributed by atoms with Crippen LogP contribution in [0.2, 0.25) is 0 Å². The second-order valence-corrected chi connectivity index (χ2v) is 6.70. The van der Waals surface area contributed by atoms with Crippen molar-refractivity contribution in [1.82, 2.24) is 4.90 Å². The lowest BCUT2D eigenvalue weighted by Gasteiger charge is -2.36. The van der Waals surface area contributed by atoms with E-state index in [9.17, 15) is 4.79 Å². The largest absolute Gasteiger partial charge is 0.378 e. The van der Waals surface area contributed by atoms with Gasteiger partial charge in [0.1, 0.15) is 0 Å². The zero-order valence-electron chi connectivity index (χ0n) is 14.0. The first-order chi connectivity index (χ1) is 11.8. The van der Waals surface area contributed by atoms with E-state index in [-0.39, 0.29) is 5.92 Å². The van der Waals surface area contributed by atoms with Crippen molar-refractivity contribution >= 4 is 22.4 Å². The first-order valence-electron chi connectivity index (χ1n) is 8.92. The number of piperidine rings is 1. The summed E-state index contributed by atoms with van der Waals surface area (Å²) in [5.74, 6) is 0.505. The van der Waals surface area contributed by atoms with Gasteiger partial charge in [-0.2, -0.15) is 0 Å². The molecule has 4 rings (SSSR count). The molecule has 24 heavy (non-hydrogen) atoms. The molecule has 4 heteroatoms. The normalized spacial score (nSPS) is 19.7. The van der Waals surface area contributed by atoms with E-state index in [0.29, 0.717) is 19.1 Å². The number of ether oxygens (including phenoxy) is 1. The molecule has 4 nitrogen and oxygen atoms in total. The van der Waals surface area contributed by atoms with Crippen molar-refractivity contribution in [3.8, 4) is 0 Å². The van der Waals surface area contributed by atoms with Crippen LogP contribution in [0, 0.1) is 5.92 Å². The SMILES string of the molecule is O=C(C1CCN(c2cccc3ccccc23)CC1)N1CCOCC1. The van der Waals surface area contributed by atoms with Crippen molar-refractivity contribution in [2.24, 2.45) is 5.92 Å². The molecule has 2 aromatic rings. The Labute approximate surface area is 143 Å². The van der Waals surface area contributed by atoms with Gasteiger partial charge in [0, 0.05) is 43.2 Å². The predicted octanol–water partition coefficient (Wildman–Crippen LogP) is 2.92. The highest BCUT2D eigenvalue weighted by Gasteiger charge is 2.29. The van der Waals surface area contributed by atoms with Gasteiger partial charge in [0.05, 0.1) is 13.2 Å². The van der Waals surface area contributed by atoms with E-state index in [1.165, 1.54) is 16.5 Å². The fourth-order valence-electron chi connectivity index (χ4n) is 3.89. The Morgan fingerprint density at radius 3 is 2.42 bits per heavy atom. The van der Waals surface area contributed by atoms with Crippen LogP contribution in [0.15, 0.2) is 42.5 Å². The Hall–Kier alpha value is -2.07. The molecule has 2 fully saturated rings. The number of nitrogens with zero attached hydrogens (tertiary/aromatic N) is 2. The summed E-state index contributed by atoms with van der Waals surface area (Å²) in [6, 6.07) is 15.0. The van der Waals surface area contributed by atoms with E-state index in [4.69, 9.17) is 4.74 Å². The maximum Gasteiger partial charge on any atom is 0.225 e. The molecule has 1 amide bonds. The van der Waals surface area contributed by atoms with Crippen molar-refractivity contribution in [1.29, 1.82) is 0 Å². The molecule has 0 N–H and O–H groups in total. The van der Waals surface area contributed by atoms with Gasteiger partial charge >= 0.3 is 0 Å². The fourth-order valence-corrected chi connectivity index (χ4v) is 3.89. The van der Waals surface area contributed by atoms with Crippen molar-refractivity contribution in [3.63, 3.8) is 0 Å². The lowest BCUT2D eigenvalue weighted by Crippen LogP contribution is -2.46. The molecule has 126 valence electrons. The zero-order chi connectivity index (χ0) is 16.4. The van der Waals surface area contributed by atoms with E-state index >= 15 is 0 Å². The van der Waals surface area contributed by atoms with Crippen LogP contribution in [0.4, 0.5) is 5.69 Å². The van der Waals surface area contributed by atoms with Crippen molar-refractivity contribution < 1.29 is 9.53 Å². The van der Waals surface area contributed by atoms with E-state index in [0.717, 1.165) is 39.0 Å². The Morgan fingerprint density at radius 1 is 0.917 bits per heavy atom. The monoisotopic (exact) mass is 324 g/mol. The summed E-state index contributed by atoms with van der Waals surface area (Å²) >= 11 is 0. The van der Waals surface area contributed by atoms with Gasteiger partial charge in [0.2, 0.25) is 5.91 Å². The van der Waals surface area contributed by atoms with Crippen LogP contribution in [0.5, 0.6) is 0 Å². The molecular formula is C20H24N2O2. The average molecular weight is 324 g/mol. The number of fused-ring (bicyclic) bond motifs is 1. The minimum Gasteiger partial charge on any atom is -0.378 e. The van der Waals surface area contributed by atoms with E-state index in [2.05, 4.69) is 47.4 Å². The smallest absolute Gasteiger partial charge is 0.225 e. The zero-order valence-corrected chi connectivity index (χ0v) is 14.0. The Balaban J connectivity index is 1.45. The third kappa shape index (κ3) is 2.98. The summed E-state index contributed by atoms with van der Waals surface area (Å²) in [5.41, 5.74) is 1.30. The number of rotatable bonds is 2.